The third kappa shape index (κ3) is 3.81. The largest absolute Gasteiger partial charge is 0.623 e. The van der Waals surface area contributed by atoms with Gasteiger partial charge in [-0.3, -0.25) is 9.96 Å². The van der Waals surface area contributed by atoms with Crippen LogP contribution in [0.15, 0.2) is 39.8 Å². The van der Waals surface area contributed by atoms with E-state index in [9.17, 15) is 13.6 Å². The van der Waals surface area contributed by atoms with E-state index in [2.05, 4.69) is 22.1 Å². The minimum absolute atomic E-state index is 0.115. The molecule has 2 unspecified atom stereocenters. The van der Waals surface area contributed by atoms with Gasteiger partial charge in [-0.15, -0.1) is 11.7 Å². The third-order valence-corrected chi connectivity index (χ3v) is 6.56. The van der Waals surface area contributed by atoms with Gasteiger partial charge in [-0.25, -0.2) is 13.3 Å². The SMILES string of the molecule is C=CCN1CC(NCc2ccco2)[N+]([O-])(c2nnc(S(C)(=O)=O)s2)C1. The lowest BCUT2D eigenvalue weighted by molar-refractivity contribution is 0.276. The van der Waals surface area contributed by atoms with Gasteiger partial charge in [0.15, 0.2) is 6.17 Å². The van der Waals surface area contributed by atoms with Crippen molar-refractivity contribution in [2.75, 3.05) is 26.0 Å². The summed E-state index contributed by atoms with van der Waals surface area (Å²) >= 11 is 0.817. The van der Waals surface area contributed by atoms with Crippen LogP contribution in [-0.2, 0) is 16.4 Å². The number of hydrogen-bond donors (Lipinski definition) is 1. The average Bonchev–Trinajstić information content (AvgIpc) is 3.25. The Morgan fingerprint density at radius 2 is 2.40 bits per heavy atom. The van der Waals surface area contributed by atoms with Crippen LogP contribution in [0, 0.1) is 5.21 Å². The summed E-state index contributed by atoms with van der Waals surface area (Å²) < 4.78 is 27.6. The van der Waals surface area contributed by atoms with Gasteiger partial charge in [-0.2, -0.15) is 0 Å². The van der Waals surface area contributed by atoms with Crippen molar-refractivity contribution < 1.29 is 12.8 Å². The normalized spacial score (nSPS) is 24.6. The van der Waals surface area contributed by atoms with Crippen LogP contribution < -0.4 is 9.96 Å². The molecule has 1 aliphatic rings. The minimum Gasteiger partial charge on any atom is -0.623 e. The highest BCUT2D eigenvalue weighted by atomic mass is 32.2. The molecule has 3 rings (SSSR count). The molecule has 9 nitrogen and oxygen atoms in total. The Labute approximate surface area is 149 Å². The van der Waals surface area contributed by atoms with E-state index in [1.165, 1.54) is 0 Å². The second-order valence-electron chi connectivity index (χ2n) is 5.86. The van der Waals surface area contributed by atoms with Gasteiger partial charge in [-0.05, 0) is 23.5 Å². The van der Waals surface area contributed by atoms with E-state index in [-0.39, 0.29) is 16.1 Å². The highest BCUT2D eigenvalue weighted by Gasteiger charge is 2.43. The number of aromatic nitrogens is 2. The zero-order valence-electron chi connectivity index (χ0n) is 13.7. The zero-order valence-corrected chi connectivity index (χ0v) is 15.3. The number of quaternary nitrogens is 1. The molecule has 1 aliphatic heterocycles. The van der Waals surface area contributed by atoms with E-state index >= 15 is 0 Å². The molecular weight excluding hydrogens is 366 g/mol. The zero-order chi connectivity index (χ0) is 18.1. The molecule has 1 saturated heterocycles. The second-order valence-corrected chi connectivity index (χ2v) is 9.01. The van der Waals surface area contributed by atoms with Gasteiger partial charge in [0.05, 0.1) is 19.4 Å². The number of hydroxylamine groups is 2. The second kappa shape index (κ2) is 6.94. The lowest BCUT2D eigenvalue weighted by Crippen LogP contribution is -2.55. The predicted molar refractivity (Wildman–Crippen MR) is 94.2 cm³/mol. The van der Waals surface area contributed by atoms with Gasteiger partial charge in [0.25, 0.3) is 0 Å². The molecule has 136 valence electrons. The fourth-order valence-corrected chi connectivity index (χ4v) is 4.36. The maximum Gasteiger partial charge on any atom is 0.310 e. The van der Waals surface area contributed by atoms with Crippen LogP contribution in [0.2, 0.25) is 0 Å². The summed E-state index contributed by atoms with van der Waals surface area (Å²) in [6.45, 7) is 5.26. The Balaban J connectivity index is 1.85. The summed E-state index contributed by atoms with van der Waals surface area (Å²) in [5.74, 6) is 0.711. The van der Waals surface area contributed by atoms with Crippen molar-refractivity contribution in [3.05, 3.63) is 42.0 Å². The van der Waals surface area contributed by atoms with Crippen molar-refractivity contribution in [1.82, 2.24) is 25.1 Å². The summed E-state index contributed by atoms with van der Waals surface area (Å²) in [6.07, 6.45) is 3.82. The van der Waals surface area contributed by atoms with Crippen molar-refractivity contribution in [2.45, 2.75) is 17.1 Å². The molecule has 3 heterocycles. The number of hydrogen-bond acceptors (Lipinski definition) is 9. The van der Waals surface area contributed by atoms with Gasteiger partial charge < -0.3 is 9.62 Å². The summed E-state index contributed by atoms with van der Waals surface area (Å²) in [6, 6.07) is 3.59. The van der Waals surface area contributed by atoms with Crippen LogP contribution in [0.1, 0.15) is 5.76 Å². The summed E-state index contributed by atoms with van der Waals surface area (Å²) in [4.78, 5) is 1.93. The molecule has 0 saturated carbocycles. The Kier molecular flexibility index (Phi) is 5.04. The molecule has 2 aromatic heterocycles. The molecular formula is C14H19N5O4S2. The maximum absolute atomic E-state index is 13.5. The Hall–Kier alpha value is -1.63. The monoisotopic (exact) mass is 385 g/mol. The molecule has 11 heteroatoms. The topological polar surface area (TPSA) is 111 Å². The molecule has 2 atom stereocenters. The minimum atomic E-state index is -3.50. The number of nitrogens with one attached hydrogen (secondary N) is 1. The Morgan fingerprint density at radius 3 is 3.00 bits per heavy atom. The molecule has 25 heavy (non-hydrogen) atoms. The first-order valence-corrected chi connectivity index (χ1v) is 10.3. The number of nitrogens with zero attached hydrogens (tertiary/aromatic N) is 4. The summed E-state index contributed by atoms with van der Waals surface area (Å²) in [5, 5.41) is 24.3. The summed E-state index contributed by atoms with van der Waals surface area (Å²) in [5.41, 5.74) is 0. The average molecular weight is 385 g/mol. The first-order chi connectivity index (χ1) is 11.8. The van der Waals surface area contributed by atoms with Crippen LogP contribution in [0.3, 0.4) is 0 Å². The fraction of sp³-hybridized carbons (Fsp3) is 0.429. The van der Waals surface area contributed by atoms with Gasteiger partial charge >= 0.3 is 5.13 Å². The molecule has 0 aliphatic carbocycles. The molecule has 1 N–H and O–H groups in total. The van der Waals surface area contributed by atoms with Gasteiger partial charge in [-0.1, -0.05) is 11.2 Å². The molecule has 1 fully saturated rings. The predicted octanol–water partition coefficient (Wildman–Crippen LogP) is 0.915. The van der Waals surface area contributed by atoms with E-state index in [1.807, 2.05) is 11.0 Å². The van der Waals surface area contributed by atoms with Crippen LogP contribution >= 0.6 is 11.3 Å². The molecule has 2 aromatic rings. The maximum atomic E-state index is 13.5. The van der Waals surface area contributed by atoms with E-state index in [1.54, 1.807) is 18.4 Å². The van der Waals surface area contributed by atoms with Gasteiger partial charge in [0.2, 0.25) is 14.2 Å². The fourth-order valence-electron chi connectivity index (χ4n) is 2.69. The summed E-state index contributed by atoms with van der Waals surface area (Å²) in [7, 11) is -3.50. The van der Waals surface area contributed by atoms with Crippen LogP contribution in [0.25, 0.3) is 0 Å². The van der Waals surface area contributed by atoms with E-state index in [4.69, 9.17) is 4.42 Å². The van der Waals surface area contributed by atoms with Crippen molar-refractivity contribution in [2.24, 2.45) is 0 Å². The molecule has 0 spiro atoms. The van der Waals surface area contributed by atoms with Crippen molar-refractivity contribution in [1.29, 1.82) is 0 Å². The Bertz CT molecular complexity index is 835. The lowest BCUT2D eigenvalue weighted by atomic mass is 10.4. The number of furan rings is 1. The van der Waals surface area contributed by atoms with Crippen molar-refractivity contribution >= 4 is 26.3 Å². The third-order valence-electron chi connectivity index (χ3n) is 3.86. The molecule has 0 amide bonds. The molecule has 0 aromatic carbocycles. The van der Waals surface area contributed by atoms with E-state index in [0.29, 0.717) is 25.4 Å². The standard InChI is InChI=1S/C14H19N5O4S2/c1-3-6-18-9-12(15-8-11-5-4-7-23-11)19(20,10-18)13-16-17-14(24-13)25(2,21)22/h3-5,7,12,15H,1,6,8-10H2,2H3. The molecule has 0 bridgehead atoms. The molecule has 0 radical (unpaired) electrons. The lowest BCUT2D eigenvalue weighted by Gasteiger charge is -2.39. The highest BCUT2D eigenvalue weighted by Crippen LogP contribution is 2.34. The van der Waals surface area contributed by atoms with Crippen molar-refractivity contribution in [3.8, 4) is 0 Å². The van der Waals surface area contributed by atoms with Crippen LogP contribution in [-0.4, -0.2) is 55.7 Å². The Morgan fingerprint density at radius 1 is 1.60 bits per heavy atom. The van der Waals surface area contributed by atoms with Gasteiger partial charge in [0, 0.05) is 12.8 Å². The quantitative estimate of drug-likeness (QED) is 0.425. The highest BCUT2D eigenvalue weighted by molar-refractivity contribution is 7.92. The first kappa shape index (κ1) is 18.2. The first-order valence-electron chi connectivity index (χ1n) is 7.55. The number of sulfone groups is 1. The van der Waals surface area contributed by atoms with Crippen LogP contribution in [0.5, 0.6) is 0 Å². The van der Waals surface area contributed by atoms with E-state index < -0.39 is 20.6 Å². The van der Waals surface area contributed by atoms with Gasteiger partial charge in [0.1, 0.15) is 12.4 Å². The van der Waals surface area contributed by atoms with Crippen molar-refractivity contribution in [3.63, 3.8) is 0 Å². The van der Waals surface area contributed by atoms with Crippen LogP contribution in [0.4, 0.5) is 5.13 Å². The smallest absolute Gasteiger partial charge is 0.310 e. The van der Waals surface area contributed by atoms with E-state index in [0.717, 1.165) is 17.6 Å². The number of rotatable bonds is 7.